The van der Waals surface area contributed by atoms with Gasteiger partial charge in [0, 0.05) is 37.0 Å². The molecule has 0 amide bonds. The fourth-order valence-electron chi connectivity index (χ4n) is 4.12. The second kappa shape index (κ2) is 6.33. The van der Waals surface area contributed by atoms with Crippen LogP contribution in [0.15, 0.2) is 0 Å². The third-order valence-corrected chi connectivity index (χ3v) is 6.74. The van der Waals surface area contributed by atoms with Crippen LogP contribution in [0.2, 0.25) is 0 Å². The van der Waals surface area contributed by atoms with Crippen molar-refractivity contribution in [3.63, 3.8) is 0 Å². The molecule has 0 aliphatic carbocycles. The summed E-state index contributed by atoms with van der Waals surface area (Å²) >= 11 is 2.10. The molecule has 0 saturated carbocycles. The number of hydrogen-bond donors (Lipinski definition) is 1. The van der Waals surface area contributed by atoms with Crippen LogP contribution in [-0.2, 0) is 0 Å². The number of thioether (sulfide) groups is 1. The molecule has 2 N–H and O–H groups in total. The first kappa shape index (κ1) is 14.2. The van der Waals surface area contributed by atoms with Crippen molar-refractivity contribution in [3.05, 3.63) is 0 Å². The largest absolute Gasteiger partial charge is 0.329 e. The van der Waals surface area contributed by atoms with Gasteiger partial charge in [0.2, 0.25) is 0 Å². The van der Waals surface area contributed by atoms with Crippen molar-refractivity contribution in [2.75, 3.05) is 44.2 Å². The smallest absolute Gasteiger partial charge is 0.0429 e. The van der Waals surface area contributed by atoms with Crippen LogP contribution in [0.3, 0.4) is 0 Å². The van der Waals surface area contributed by atoms with Crippen LogP contribution in [0.25, 0.3) is 0 Å². The number of hydrogen-bond acceptors (Lipinski definition) is 4. The zero-order valence-electron chi connectivity index (χ0n) is 12.1. The van der Waals surface area contributed by atoms with Gasteiger partial charge in [-0.05, 0) is 50.9 Å². The Morgan fingerprint density at radius 1 is 1.05 bits per heavy atom. The lowest BCUT2D eigenvalue weighted by molar-refractivity contribution is 0.0402. The highest BCUT2D eigenvalue weighted by molar-refractivity contribution is 7.99. The van der Waals surface area contributed by atoms with Gasteiger partial charge in [-0.2, -0.15) is 11.8 Å². The van der Waals surface area contributed by atoms with Gasteiger partial charge in [0.25, 0.3) is 0 Å². The van der Waals surface area contributed by atoms with Gasteiger partial charge in [0.05, 0.1) is 0 Å². The SMILES string of the molecule is NCC1(N2CCC(N3CCCCC3)CC2)CCSC1. The molecule has 0 radical (unpaired) electrons. The van der Waals surface area contributed by atoms with Crippen molar-refractivity contribution in [2.45, 2.75) is 50.1 Å². The van der Waals surface area contributed by atoms with E-state index in [0.29, 0.717) is 5.54 Å². The number of piperidine rings is 2. The van der Waals surface area contributed by atoms with E-state index in [9.17, 15) is 0 Å². The van der Waals surface area contributed by atoms with Gasteiger partial charge in [-0.1, -0.05) is 6.42 Å². The predicted molar refractivity (Wildman–Crippen MR) is 83.7 cm³/mol. The first-order chi connectivity index (χ1) is 9.34. The molecule has 3 heterocycles. The molecule has 110 valence electrons. The summed E-state index contributed by atoms with van der Waals surface area (Å²) in [7, 11) is 0. The normalized spacial score (nSPS) is 35.8. The molecule has 3 rings (SSSR count). The Morgan fingerprint density at radius 2 is 1.79 bits per heavy atom. The minimum absolute atomic E-state index is 0.345. The quantitative estimate of drug-likeness (QED) is 0.856. The summed E-state index contributed by atoms with van der Waals surface area (Å²) < 4.78 is 0. The average Bonchev–Trinajstić information content (AvgIpc) is 2.98. The van der Waals surface area contributed by atoms with Gasteiger partial charge in [0.1, 0.15) is 0 Å². The maximum atomic E-state index is 6.11. The Balaban J connectivity index is 1.53. The van der Waals surface area contributed by atoms with Crippen molar-refractivity contribution in [3.8, 4) is 0 Å². The molecular weight excluding hydrogens is 254 g/mol. The Kier molecular flexibility index (Phi) is 4.73. The minimum atomic E-state index is 0.345. The van der Waals surface area contributed by atoms with E-state index < -0.39 is 0 Å². The number of nitrogens with two attached hydrogens (primary N) is 1. The summed E-state index contributed by atoms with van der Waals surface area (Å²) in [5, 5.41) is 0. The molecule has 3 saturated heterocycles. The molecule has 3 aliphatic heterocycles. The summed E-state index contributed by atoms with van der Waals surface area (Å²) in [5.41, 5.74) is 6.46. The van der Waals surface area contributed by atoms with Crippen molar-refractivity contribution in [2.24, 2.45) is 5.73 Å². The van der Waals surface area contributed by atoms with Crippen LogP contribution in [0.5, 0.6) is 0 Å². The number of nitrogens with zero attached hydrogens (tertiary/aromatic N) is 2. The lowest BCUT2D eigenvalue weighted by atomic mass is 9.91. The lowest BCUT2D eigenvalue weighted by Gasteiger charge is -2.46. The summed E-state index contributed by atoms with van der Waals surface area (Å²) in [6.45, 7) is 6.11. The van der Waals surface area contributed by atoms with Gasteiger partial charge in [0.15, 0.2) is 0 Å². The maximum Gasteiger partial charge on any atom is 0.0429 e. The molecular formula is C15H29N3S. The highest BCUT2D eigenvalue weighted by Crippen LogP contribution is 2.35. The summed E-state index contributed by atoms with van der Waals surface area (Å²) in [6.07, 6.45) is 8.33. The number of rotatable bonds is 3. The van der Waals surface area contributed by atoms with Gasteiger partial charge in [-0.3, -0.25) is 4.90 Å². The van der Waals surface area contributed by atoms with E-state index in [4.69, 9.17) is 5.73 Å². The van der Waals surface area contributed by atoms with E-state index in [1.54, 1.807) is 0 Å². The molecule has 19 heavy (non-hydrogen) atoms. The number of likely N-dealkylation sites (tertiary alicyclic amines) is 2. The molecule has 0 aromatic carbocycles. The molecule has 1 atom stereocenters. The van der Waals surface area contributed by atoms with Crippen molar-refractivity contribution in [1.82, 2.24) is 9.80 Å². The second-order valence-electron chi connectivity index (χ2n) is 6.55. The fourth-order valence-corrected chi connectivity index (χ4v) is 5.62. The van der Waals surface area contributed by atoms with Crippen LogP contribution in [-0.4, -0.2) is 65.6 Å². The van der Waals surface area contributed by atoms with Crippen LogP contribution in [0.4, 0.5) is 0 Å². The minimum Gasteiger partial charge on any atom is -0.329 e. The van der Waals surface area contributed by atoms with Gasteiger partial charge >= 0.3 is 0 Å². The highest BCUT2D eigenvalue weighted by Gasteiger charge is 2.40. The van der Waals surface area contributed by atoms with Gasteiger partial charge < -0.3 is 10.6 Å². The van der Waals surface area contributed by atoms with E-state index >= 15 is 0 Å². The van der Waals surface area contributed by atoms with Crippen LogP contribution in [0.1, 0.15) is 38.5 Å². The van der Waals surface area contributed by atoms with Gasteiger partial charge in [-0.25, -0.2) is 0 Å². The predicted octanol–water partition coefficient (Wildman–Crippen LogP) is 1.77. The van der Waals surface area contributed by atoms with Crippen molar-refractivity contribution in [1.29, 1.82) is 0 Å². The zero-order chi connectivity index (χ0) is 13.1. The van der Waals surface area contributed by atoms with Crippen LogP contribution in [0, 0.1) is 0 Å². The zero-order valence-corrected chi connectivity index (χ0v) is 13.0. The van der Waals surface area contributed by atoms with Crippen LogP contribution < -0.4 is 5.73 Å². The first-order valence-corrected chi connectivity index (χ1v) is 9.26. The second-order valence-corrected chi connectivity index (χ2v) is 7.65. The van der Waals surface area contributed by atoms with E-state index in [2.05, 4.69) is 21.6 Å². The molecule has 3 nitrogen and oxygen atoms in total. The van der Waals surface area contributed by atoms with Crippen molar-refractivity contribution >= 4 is 11.8 Å². The first-order valence-electron chi connectivity index (χ1n) is 8.11. The molecule has 0 aromatic rings. The topological polar surface area (TPSA) is 32.5 Å². The van der Waals surface area contributed by atoms with Crippen LogP contribution >= 0.6 is 11.8 Å². The summed E-state index contributed by atoms with van der Waals surface area (Å²) in [5.74, 6) is 2.57. The fraction of sp³-hybridized carbons (Fsp3) is 1.00. The Bertz CT molecular complexity index is 277. The molecule has 3 aliphatic rings. The average molecular weight is 283 g/mol. The molecule has 4 heteroatoms. The van der Waals surface area contributed by atoms with E-state index in [0.717, 1.165) is 12.6 Å². The molecule has 3 fully saturated rings. The highest BCUT2D eigenvalue weighted by atomic mass is 32.2. The maximum absolute atomic E-state index is 6.11. The van der Waals surface area contributed by atoms with E-state index in [-0.39, 0.29) is 0 Å². The summed E-state index contributed by atoms with van der Waals surface area (Å²) in [6, 6.07) is 0.862. The lowest BCUT2D eigenvalue weighted by Crippen LogP contribution is -2.58. The molecule has 1 unspecified atom stereocenters. The van der Waals surface area contributed by atoms with E-state index in [1.807, 2.05) is 0 Å². The third-order valence-electron chi connectivity index (χ3n) is 5.50. The monoisotopic (exact) mass is 283 g/mol. The molecule has 0 spiro atoms. The Labute approximate surface area is 122 Å². The third kappa shape index (κ3) is 2.97. The van der Waals surface area contributed by atoms with E-state index in [1.165, 1.54) is 76.2 Å². The standard InChI is InChI=1S/C15H29N3S/c16-12-15(6-11-19-13-15)18-9-4-14(5-10-18)17-7-2-1-3-8-17/h14H,1-13,16H2. The Morgan fingerprint density at radius 3 is 2.37 bits per heavy atom. The molecule has 0 aromatic heterocycles. The van der Waals surface area contributed by atoms with Gasteiger partial charge in [-0.15, -0.1) is 0 Å². The van der Waals surface area contributed by atoms with Crippen molar-refractivity contribution < 1.29 is 0 Å². The Hall–Kier alpha value is 0.230. The summed E-state index contributed by atoms with van der Waals surface area (Å²) in [4.78, 5) is 5.49. The molecule has 0 bridgehead atoms.